The first-order valence-electron chi connectivity index (χ1n) is 10.0. The Balaban J connectivity index is 2.03. The van der Waals surface area contributed by atoms with Gasteiger partial charge in [-0.15, -0.1) is 0 Å². The molecule has 1 rings (SSSR count). The predicted molar refractivity (Wildman–Crippen MR) is 111 cm³/mol. The molecule has 0 aliphatic rings. The van der Waals surface area contributed by atoms with E-state index >= 15 is 0 Å². The first-order chi connectivity index (χ1) is 14.4. The zero-order valence-corrected chi connectivity index (χ0v) is 17.6. The molecule has 0 radical (unpaired) electrons. The van der Waals surface area contributed by atoms with Crippen molar-refractivity contribution in [1.82, 2.24) is 10.2 Å². The number of amides is 1. The molecule has 0 heterocycles. The lowest BCUT2D eigenvalue weighted by Crippen LogP contribution is -2.44. The number of unbranched alkanes of at least 4 members (excludes halogenated alkanes) is 1. The van der Waals surface area contributed by atoms with Gasteiger partial charge in [0, 0.05) is 13.5 Å². The van der Waals surface area contributed by atoms with Crippen molar-refractivity contribution in [2.24, 2.45) is 0 Å². The van der Waals surface area contributed by atoms with Gasteiger partial charge in [0.1, 0.15) is 6.54 Å². The third-order valence-electron chi connectivity index (χ3n) is 4.00. The number of carbonyl (C=O) groups is 3. The molecule has 0 atom stereocenters. The molecule has 1 aromatic carbocycles. The van der Waals surface area contributed by atoms with E-state index in [0.29, 0.717) is 19.3 Å². The molecule has 9 heteroatoms. The zero-order chi connectivity index (χ0) is 22.2. The van der Waals surface area contributed by atoms with E-state index in [-0.39, 0.29) is 38.3 Å². The maximum atomic E-state index is 11.7. The second-order valence-electron chi connectivity index (χ2n) is 6.54. The van der Waals surface area contributed by atoms with Crippen molar-refractivity contribution in [2.75, 3.05) is 33.4 Å². The number of carbonyl (C=O) groups excluding carboxylic acids is 3. The number of aryl methyl sites for hydroxylation is 1. The van der Waals surface area contributed by atoms with Crippen molar-refractivity contribution < 1.29 is 28.6 Å². The SMILES string of the molecule is CCOC(=O)CN(C)C(=N)NC(=O)OCCCCOC(=O)CCCc1ccccc1. The number of likely N-dealkylation sites (N-methyl/N-ethyl adjacent to an activating group) is 1. The fraction of sp³-hybridized carbons (Fsp3) is 0.524. The molecule has 1 amide bonds. The van der Waals surface area contributed by atoms with Gasteiger partial charge in [0.05, 0.1) is 19.8 Å². The number of nitrogens with one attached hydrogen (secondary N) is 2. The van der Waals surface area contributed by atoms with E-state index in [4.69, 9.17) is 19.6 Å². The lowest BCUT2D eigenvalue weighted by Gasteiger charge is -2.18. The minimum atomic E-state index is -0.784. The number of hydrogen-bond acceptors (Lipinski definition) is 7. The first kappa shape index (κ1) is 24.9. The van der Waals surface area contributed by atoms with Crippen LogP contribution in [0.4, 0.5) is 4.79 Å². The highest BCUT2D eigenvalue weighted by Crippen LogP contribution is 2.05. The third-order valence-corrected chi connectivity index (χ3v) is 4.00. The lowest BCUT2D eigenvalue weighted by molar-refractivity contribution is -0.144. The van der Waals surface area contributed by atoms with Gasteiger partial charge in [0.2, 0.25) is 5.96 Å². The summed E-state index contributed by atoms with van der Waals surface area (Å²) in [5, 5.41) is 9.93. The van der Waals surface area contributed by atoms with E-state index in [1.165, 1.54) is 17.5 Å². The predicted octanol–water partition coefficient (Wildman–Crippen LogP) is 2.49. The van der Waals surface area contributed by atoms with Gasteiger partial charge in [-0.1, -0.05) is 30.3 Å². The van der Waals surface area contributed by atoms with Gasteiger partial charge < -0.3 is 19.1 Å². The van der Waals surface area contributed by atoms with Crippen LogP contribution in [0.5, 0.6) is 0 Å². The van der Waals surface area contributed by atoms with Crippen LogP contribution in [0, 0.1) is 5.41 Å². The summed E-state index contributed by atoms with van der Waals surface area (Å²) in [7, 11) is 1.48. The summed E-state index contributed by atoms with van der Waals surface area (Å²) in [6.45, 7) is 2.19. The van der Waals surface area contributed by atoms with Gasteiger partial charge in [-0.2, -0.15) is 0 Å². The Hall–Kier alpha value is -3.10. The molecule has 0 unspecified atom stereocenters. The maximum Gasteiger partial charge on any atom is 0.413 e. The number of guanidine groups is 1. The second-order valence-corrected chi connectivity index (χ2v) is 6.54. The minimum Gasteiger partial charge on any atom is -0.466 e. The summed E-state index contributed by atoms with van der Waals surface area (Å²) >= 11 is 0. The van der Waals surface area contributed by atoms with Crippen LogP contribution < -0.4 is 5.32 Å². The van der Waals surface area contributed by atoms with E-state index in [2.05, 4.69) is 5.32 Å². The third kappa shape index (κ3) is 11.7. The number of ether oxygens (including phenoxy) is 3. The van der Waals surface area contributed by atoms with Crippen LogP contribution in [0.25, 0.3) is 0 Å². The van der Waals surface area contributed by atoms with Crippen LogP contribution in [-0.2, 0) is 30.2 Å². The van der Waals surface area contributed by atoms with Crippen molar-refractivity contribution >= 4 is 24.0 Å². The van der Waals surface area contributed by atoms with Crippen LogP contribution >= 0.6 is 0 Å². The Morgan fingerprint density at radius 2 is 1.63 bits per heavy atom. The van der Waals surface area contributed by atoms with E-state index in [1.54, 1.807) is 6.92 Å². The number of hydrogen-bond donors (Lipinski definition) is 2. The quantitative estimate of drug-likeness (QED) is 0.175. The summed E-state index contributed by atoms with van der Waals surface area (Å²) in [6.07, 6.45) is 2.25. The van der Waals surface area contributed by atoms with Gasteiger partial charge >= 0.3 is 18.0 Å². The number of nitrogens with zero attached hydrogens (tertiary/aromatic N) is 1. The molecule has 0 aromatic heterocycles. The highest BCUT2D eigenvalue weighted by atomic mass is 16.6. The van der Waals surface area contributed by atoms with Crippen molar-refractivity contribution in [3.63, 3.8) is 0 Å². The molecule has 0 saturated heterocycles. The van der Waals surface area contributed by atoms with Crippen molar-refractivity contribution in [2.45, 2.75) is 39.0 Å². The van der Waals surface area contributed by atoms with Crippen LogP contribution in [0.15, 0.2) is 30.3 Å². The summed E-state index contributed by atoms with van der Waals surface area (Å²) < 4.78 is 14.9. The molecule has 1 aromatic rings. The maximum absolute atomic E-state index is 11.7. The summed E-state index contributed by atoms with van der Waals surface area (Å²) in [5.74, 6) is -0.991. The summed E-state index contributed by atoms with van der Waals surface area (Å²) in [6, 6.07) is 9.96. The molecule has 0 spiro atoms. The Bertz CT molecular complexity index is 681. The van der Waals surface area contributed by atoms with Crippen LogP contribution in [0.1, 0.15) is 38.2 Å². The first-order valence-corrected chi connectivity index (χ1v) is 10.0. The summed E-state index contributed by atoms with van der Waals surface area (Å²) in [5.41, 5.74) is 1.20. The average molecular weight is 421 g/mol. The molecule has 30 heavy (non-hydrogen) atoms. The average Bonchev–Trinajstić information content (AvgIpc) is 2.71. The van der Waals surface area contributed by atoms with Crippen molar-refractivity contribution in [3.8, 4) is 0 Å². The van der Waals surface area contributed by atoms with Crippen LogP contribution in [0.3, 0.4) is 0 Å². The minimum absolute atomic E-state index is 0.131. The number of alkyl carbamates (subject to hydrolysis) is 1. The normalized spacial score (nSPS) is 10.1. The highest BCUT2D eigenvalue weighted by Gasteiger charge is 2.13. The van der Waals surface area contributed by atoms with Gasteiger partial charge in [0.15, 0.2) is 0 Å². The molecule has 0 aliphatic heterocycles. The van der Waals surface area contributed by atoms with Crippen molar-refractivity contribution in [3.05, 3.63) is 35.9 Å². The van der Waals surface area contributed by atoms with Gasteiger partial charge in [-0.05, 0) is 38.2 Å². The van der Waals surface area contributed by atoms with Crippen LogP contribution in [0.2, 0.25) is 0 Å². The molecule has 0 bridgehead atoms. The fourth-order valence-corrected chi connectivity index (χ4v) is 2.42. The molecule has 0 saturated carbocycles. The largest absolute Gasteiger partial charge is 0.466 e. The Labute approximate surface area is 177 Å². The van der Waals surface area contributed by atoms with Gasteiger partial charge in [-0.25, -0.2) is 4.79 Å². The molecule has 2 N–H and O–H groups in total. The smallest absolute Gasteiger partial charge is 0.413 e. The summed E-state index contributed by atoms with van der Waals surface area (Å²) in [4.78, 5) is 35.9. The second kappa shape index (κ2) is 14.8. The van der Waals surface area contributed by atoms with Gasteiger partial charge in [-0.3, -0.25) is 20.3 Å². The molecule has 0 aliphatic carbocycles. The molecule has 0 fully saturated rings. The van der Waals surface area contributed by atoms with E-state index < -0.39 is 12.1 Å². The van der Waals surface area contributed by atoms with Crippen molar-refractivity contribution in [1.29, 1.82) is 5.41 Å². The molecule has 166 valence electrons. The lowest BCUT2D eigenvalue weighted by atomic mass is 10.1. The molecule has 9 nitrogen and oxygen atoms in total. The van der Waals surface area contributed by atoms with Crippen LogP contribution in [-0.4, -0.2) is 62.3 Å². The number of esters is 2. The highest BCUT2D eigenvalue weighted by molar-refractivity contribution is 5.93. The van der Waals surface area contributed by atoms with E-state index in [1.807, 2.05) is 30.3 Å². The number of rotatable bonds is 12. The fourth-order valence-electron chi connectivity index (χ4n) is 2.42. The monoisotopic (exact) mass is 421 g/mol. The zero-order valence-electron chi connectivity index (χ0n) is 17.6. The standard InChI is InChI=1S/C21H31N3O6/c1-3-28-19(26)16-24(2)20(22)23-21(27)30-15-8-7-14-29-18(25)13-9-12-17-10-5-4-6-11-17/h4-6,10-11H,3,7-9,12-16H2,1-2H3,(H2,22,23,27). The Kier molecular flexibility index (Phi) is 12.3. The topological polar surface area (TPSA) is 118 Å². The molecular weight excluding hydrogens is 390 g/mol. The van der Waals surface area contributed by atoms with E-state index in [9.17, 15) is 14.4 Å². The van der Waals surface area contributed by atoms with E-state index in [0.717, 1.165) is 12.8 Å². The molecular formula is C21H31N3O6. The van der Waals surface area contributed by atoms with Gasteiger partial charge in [0.25, 0.3) is 0 Å². The number of benzene rings is 1. The Morgan fingerprint density at radius 1 is 0.967 bits per heavy atom. The Morgan fingerprint density at radius 3 is 2.30 bits per heavy atom.